The van der Waals surface area contributed by atoms with E-state index in [0.29, 0.717) is 0 Å². The van der Waals surface area contributed by atoms with E-state index in [1.165, 1.54) is 19.2 Å². The van der Waals surface area contributed by atoms with E-state index in [4.69, 9.17) is 0 Å². The van der Waals surface area contributed by atoms with E-state index in [2.05, 4.69) is 14.8 Å². The molecule has 0 saturated heterocycles. The van der Waals surface area contributed by atoms with Crippen LogP contribution in [0.4, 0.5) is 0 Å². The van der Waals surface area contributed by atoms with Gasteiger partial charge >= 0.3 is 5.97 Å². The van der Waals surface area contributed by atoms with Crippen molar-refractivity contribution in [3.05, 3.63) is 29.8 Å². The smallest absolute Gasteiger partial charge is 0.325 e. The molecule has 0 heterocycles. The summed E-state index contributed by atoms with van der Waals surface area (Å²) in [5.41, 5.74) is 1.05. The van der Waals surface area contributed by atoms with Crippen molar-refractivity contribution in [2.45, 2.75) is 24.7 Å². The van der Waals surface area contributed by atoms with Crippen LogP contribution in [-0.4, -0.2) is 40.5 Å². The van der Waals surface area contributed by atoms with E-state index in [0.717, 1.165) is 18.4 Å². The predicted octanol–water partition coefficient (Wildman–Crippen LogP) is 0.207. The van der Waals surface area contributed by atoms with Crippen LogP contribution in [0.2, 0.25) is 0 Å². The van der Waals surface area contributed by atoms with Crippen LogP contribution in [0, 0.1) is 0 Å². The number of methoxy groups -OCH3 is 1. The van der Waals surface area contributed by atoms with Crippen LogP contribution >= 0.6 is 0 Å². The first-order chi connectivity index (χ1) is 10.4. The van der Waals surface area contributed by atoms with Crippen molar-refractivity contribution in [3.8, 4) is 0 Å². The summed E-state index contributed by atoms with van der Waals surface area (Å²) in [5.74, 6) is -1.22. The zero-order valence-electron chi connectivity index (χ0n) is 12.6. The van der Waals surface area contributed by atoms with Gasteiger partial charge in [-0.15, -0.1) is 0 Å². The Hall–Kier alpha value is -1.93. The van der Waals surface area contributed by atoms with Crippen LogP contribution in [0.1, 0.15) is 18.9 Å². The van der Waals surface area contributed by atoms with Crippen LogP contribution in [-0.2, 0) is 30.8 Å². The average Bonchev–Trinajstić information content (AvgIpc) is 2.51. The summed E-state index contributed by atoms with van der Waals surface area (Å²) in [7, 11) is -2.56. The minimum atomic E-state index is -3.76. The Balaban J connectivity index is 2.56. The number of carbonyl (C=O) groups excluding carboxylic acids is 2. The van der Waals surface area contributed by atoms with Crippen LogP contribution < -0.4 is 10.0 Å². The third-order valence-electron chi connectivity index (χ3n) is 2.85. The topological polar surface area (TPSA) is 102 Å². The molecule has 0 aliphatic heterocycles. The molecular formula is C14H20N2O5S. The van der Waals surface area contributed by atoms with E-state index >= 15 is 0 Å². The second kappa shape index (κ2) is 8.50. The molecule has 0 bridgehead atoms. The van der Waals surface area contributed by atoms with Crippen molar-refractivity contribution >= 4 is 21.9 Å². The molecular weight excluding hydrogens is 308 g/mol. The number of hydrogen-bond acceptors (Lipinski definition) is 5. The van der Waals surface area contributed by atoms with Gasteiger partial charge in [-0.1, -0.05) is 25.5 Å². The molecule has 1 rings (SSSR count). The summed E-state index contributed by atoms with van der Waals surface area (Å²) < 4.78 is 30.6. The van der Waals surface area contributed by atoms with Crippen molar-refractivity contribution in [3.63, 3.8) is 0 Å². The molecule has 0 atom stereocenters. The van der Waals surface area contributed by atoms with Crippen molar-refractivity contribution < 1.29 is 22.7 Å². The molecule has 1 aromatic rings. The number of carbonyl (C=O) groups is 2. The fourth-order valence-electron chi connectivity index (χ4n) is 1.67. The number of nitrogens with one attached hydrogen (secondary N) is 2. The third-order valence-corrected chi connectivity index (χ3v) is 4.27. The number of esters is 1. The maximum Gasteiger partial charge on any atom is 0.325 e. The van der Waals surface area contributed by atoms with Crippen molar-refractivity contribution in [2.24, 2.45) is 0 Å². The van der Waals surface area contributed by atoms with Crippen LogP contribution in [0.5, 0.6) is 0 Å². The lowest BCUT2D eigenvalue weighted by atomic mass is 10.1. The van der Waals surface area contributed by atoms with Gasteiger partial charge in [-0.2, -0.15) is 0 Å². The molecule has 1 amide bonds. The Kier molecular flexibility index (Phi) is 7.00. The molecule has 0 aliphatic carbocycles. The number of hydrogen-bond donors (Lipinski definition) is 2. The standard InChI is InChI=1S/C14H20N2O5S/c1-3-4-11-5-7-12(8-6-11)22(19,20)16-9-13(17)15-10-14(18)21-2/h5-8,16H,3-4,9-10H2,1-2H3,(H,15,17). The van der Waals surface area contributed by atoms with Crippen LogP contribution in [0.15, 0.2) is 29.2 Å². The fraction of sp³-hybridized carbons (Fsp3) is 0.429. The number of benzene rings is 1. The van der Waals surface area contributed by atoms with Gasteiger partial charge in [-0.3, -0.25) is 9.59 Å². The monoisotopic (exact) mass is 328 g/mol. The molecule has 0 aliphatic rings. The van der Waals surface area contributed by atoms with Gasteiger partial charge in [0.05, 0.1) is 18.6 Å². The van der Waals surface area contributed by atoms with E-state index in [-0.39, 0.29) is 11.4 Å². The van der Waals surface area contributed by atoms with Crippen molar-refractivity contribution in [2.75, 3.05) is 20.2 Å². The van der Waals surface area contributed by atoms with Gasteiger partial charge in [0.15, 0.2) is 0 Å². The first-order valence-electron chi connectivity index (χ1n) is 6.81. The Morgan fingerprint density at radius 3 is 2.32 bits per heavy atom. The van der Waals surface area contributed by atoms with Crippen molar-refractivity contribution in [1.82, 2.24) is 10.0 Å². The lowest BCUT2D eigenvalue weighted by Gasteiger charge is -2.08. The quantitative estimate of drug-likeness (QED) is 0.664. The van der Waals surface area contributed by atoms with Gasteiger partial charge in [-0.05, 0) is 24.1 Å². The molecule has 22 heavy (non-hydrogen) atoms. The van der Waals surface area contributed by atoms with Crippen LogP contribution in [0.25, 0.3) is 0 Å². The van der Waals surface area contributed by atoms with Crippen molar-refractivity contribution in [1.29, 1.82) is 0 Å². The van der Waals surface area contributed by atoms with E-state index in [1.54, 1.807) is 12.1 Å². The van der Waals surface area contributed by atoms with Gasteiger partial charge in [0.1, 0.15) is 6.54 Å². The number of amides is 1. The fourth-order valence-corrected chi connectivity index (χ4v) is 2.66. The van der Waals surface area contributed by atoms with Crippen LogP contribution in [0.3, 0.4) is 0 Å². The number of rotatable bonds is 8. The molecule has 0 saturated carbocycles. The minimum absolute atomic E-state index is 0.0909. The number of sulfonamides is 1. The second-order valence-electron chi connectivity index (χ2n) is 4.57. The molecule has 0 radical (unpaired) electrons. The lowest BCUT2D eigenvalue weighted by molar-refractivity contribution is -0.141. The maximum absolute atomic E-state index is 12.0. The highest BCUT2D eigenvalue weighted by Crippen LogP contribution is 2.11. The Bertz CT molecular complexity index is 611. The van der Waals surface area contributed by atoms with Gasteiger partial charge < -0.3 is 10.1 Å². The minimum Gasteiger partial charge on any atom is -0.468 e. The zero-order chi connectivity index (χ0) is 16.6. The summed E-state index contributed by atoms with van der Waals surface area (Å²) in [4.78, 5) is 22.4. The molecule has 122 valence electrons. The predicted molar refractivity (Wildman–Crippen MR) is 80.7 cm³/mol. The molecule has 0 unspecified atom stereocenters. The molecule has 0 fully saturated rings. The SMILES string of the molecule is CCCc1ccc(S(=O)(=O)NCC(=O)NCC(=O)OC)cc1. The summed E-state index contributed by atoms with van der Waals surface area (Å²) >= 11 is 0. The summed E-state index contributed by atoms with van der Waals surface area (Å²) in [5, 5.41) is 2.24. The Labute approximate surface area is 130 Å². The van der Waals surface area contributed by atoms with Gasteiger partial charge in [-0.25, -0.2) is 13.1 Å². The first kappa shape index (κ1) is 18.1. The van der Waals surface area contributed by atoms with E-state index in [9.17, 15) is 18.0 Å². The Morgan fingerprint density at radius 2 is 1.77 bits per heavy atom. The van der Waals surface area contributed by atoms with Gasteiger partial charge in [0.2, 0.25) is 15.9 Å². The first-order valence-corrected chi connectivity index (χ1v) is 8.29. The molecule has 8 heteroatoms. The Morgan fingerprint density at radius 1 is 1.14 bits per heavy atom. The third kappa shape index (κ3) is 5.82. The zero-order valence-corrected chi connectivity index (χ0v) is 13.4. The highest BCUT2D eigenvalue weighted by Gasteiger charge is 2.15. The van der Waals surface area contributed by atoms with E-state index in [1.807, 2.05) is 6.92 Å². The molecule has 7 nitrogen and oxygen atoms in total. The number of ether oxygens (including phenoxy) is 1. The molecule has 1 aromatic carbocycles. The summed E-state index contributed by atoms with van der Waals surface area (Å²) in [6.45, 7) is 1.29. The molecule has 0 spiro atoms. The molecule has 2 N–H and O–H groups in total. The maximum atomic E-state index is 12.0. The van der Waals surface area contributed by atoms with Gasteiger partial charge in [0.25, 0.3) is 0 Å². The molecule has 0 aromatic heterocycles. The number of aryl methyl sites for hydroxylation is 1. The largest absolute Gasteiger partial charge is 0.468 e. The normalized spacial score (nSPS) is 11.0. The lowest BCUT2D eigenvalue weighted by Crippen LogP contribution is -2.39. The highest BCUT2D eigenvalue weighted by molar-refractivity contribution is 7.89. The van der Waals surface area contributed by atoms with E-state index < -0.39 is 28.4 Å². The van der Waals surface area contributed by atoms with Gasteiger partial charge in [0, 0.05) is 0 Å². The average molecular weight is 328 g/mol. The second-order valence-corrected chi connectivity index (χ2v) is 6.34. The highest BCUT2D eigenvalue weighted by atomic mass is 32.2. The summed E-state index contributed by atoms with van der Waals surface area (Å²) in [6, 6.07) is 6.49. The summed E-state index contributed by atoms with van der Waals surface area (Å²) in [6.07, 6.45) is 1.86.